The van der Waals surface area contributed by atoms with Crippen LogP contribution in [-0.2, 0) is 9.53 Å². The first-order valence-electron chi connectivity index (χ1n) is 9.40. The molecule has 0 saturated heterocycles. The minimum absolute atomic E-state index is 0.306. The predicted molar refractivity (Wildman–Crippen MR) is 103 cm³/mol. The van der Waals surface area contributed by atoms with Crippen molar-refractivity contribution >= 4 is 22.8 Å². The van der Waals surface area contributed by atoms with Gasteiger partial charge in [0, 0.05) is 5.39 Å². The molecule has 5 nitrogen and oxygen atoms in total. The molecular formula is C21H28N2O3. The number of methoxy groups -OCH3 is 1. The highest BCUT2D eigenvalue weighted by atomic mass is 16.5. The number of pyridine rings is 1. The van der Waals surface area contributed by atoms with Gasteiger partial charge in [0.1, 0.15) is 11.7 Å². The summed E-state index contributed by atoms with van der Waals surface area (Å²) in [5.74, 6) is -0.759. The number of aromatic nitrogens is 1. The summed E-state index contributed by atoms with van der Waals surface area (Å²) in [5.41, 5.74) is 1.06. The van der Waals surface area contributed by atoms with E-state index in [1.54, 1.807) is 6.07 Å². The largest absolute Gasteiger partial charge is 0.467 e. The van der Waals surface area contributed by atoms with E-state index in [9.17, 15) is 9.59 Å². The monoisotopic (exact) mass is 356 g/mol. The highest BCUT2D eigenvalue weighted by Gasteiger charge is 2.22. The molecule has 1 aromatic heterocycles. The number of benzene rings is 1. The molecule has 0 aliphatic rings. The highest BCUT2D eigenvalue weighted by Crippen LogP contribution is 2.13. The molecule has 1 aromatic carbocycles. The van der Waals surface area contributed by atoms with Crippen LogP contribution < -0.4 is 5.32 Å². The first kappa shape index (κ1) is 19.9. The van der Waals surface area contributed by atoms with E-state index >= 15 is 0 Å². The molecule has 2 aromatic rings. The number of hydrogen-bond acceptors (Lipinski definition) is 4. The molecule has 2 rings (SSSR count). The summed E-state index contributed by atoms with van der Waals surface area (Å²) in [5, 5.41) is 3.75. The molecule has 1 heterocycles. The van der Waals surface area contributed by atoms with E-state index in [2.05, 4.69) is 17.2 Å². The summed E-state index contributed by atoms with van der Waals surface area (Å²) in [6.07, 6.45) is 7.34. The van der Waals surface area contributed by atoms with Crippen molar-refractivity contribution in [1.82, 2.24) is 10.3 Å². The van der Waals surface area contributed by atoms with Crippen LogP contribution in [0.4, 0.5) is 0 Å². The number of amides is 1. The van der Waals surface area contributed by atoms with Gasteiger partial charge in [0.05, 0.1) is 12.6 Å². The summed E-state index contributed by atoms with van der Waals surface area (Å²) in [7, 11) is 1.34. The molecule has 1 atom stereocenters. The molecule has 140 valence electrons. The Hall–Kier alpha value is -2.43. The number of hydrogen-bond donors (Lipinski definition) is 1. The van der Waals surface area contributed by atoms with Crippen LogP contribution in [0.3, 0.4) is 0 Å². The Kier molecular flexibility index (Phi) is 8.06. The van der Waals surface area contributed by atoms with Crippen LogP contribution >= 0.6 is 0 Å². The molecule has 26 heavy (non-hydrogen) atoms. The molecule has 0 aliphatic carbocycles. The first-order valence-corrected chi connectivity index (χ1v) is 9.40. The number of carbonyl (C=O) groups is 2. The van der Waals surface area contributed by atoms with E-state index < -0.39 is 12.0 Å². The highest BCUT2D eigenvalue weighted by molar-refractivity contribution is 5.97. The van der Waals surface area contributed by atoms with E-state index in [-0.39, 0.29) is 5.91 Å². The van der Waals surface area contributed by atoms with Crippen molar-refractivity contribution in [1.29, 1.82) is 0 Å². The Labute approximate surface area is 155 Å². The van der Waals surface area contributed by atoms with Crippen molar-refractivity contribution in [3.63, 3.8) is 0 Å². The quantitative estimate of drug-likeness (QED) is 0.510. The average Bonchev–Trinajstić information content (AvgIpc) is 2.68. The van der Waals surface area contributed by atoms with Gasteiger partial charge in [0.2, 0.25) is 0 Å². The zero-order valence-corrected chi connectivity index (χ0v) is 15.7. The second kappa shape index (κ2) is 10.5. The van der Waals surface area contributed by atoms with E-state index in [1.165, 1.54) is 26.4 Å². The number of para-hydroxylation sites is 1. The van der Waals surface area contributed by atoms with E-state index in [1.807, 2.05) is 30.3 Å². The second-order valence-electron chi connectivity index (χ2n) is 6.49. The summed E-state index contributed by atoms with van der Waals surface area (Å²) >= 11 is 0. The topological polar surface area (TPSA) is 68.3 Å². The minimum Gasteiger partial charge on any atom is -0.467 e. The van der Waals surface area contributed by atoms with Crippen molar-refractivity contribution in [2.75, 3.05) is 7.11 Å². The van der Waals surface area contributed by atoms with Gasteiger partial charge in [-0.25, -0.2) is 9.78 Å². The zero-order valence-electron chi connectivity index (χ0n) is 15.7. The molecule has 0 spiro atoms. The number of ether oxygens (including phenoxy) is 1. The standard InChI is InChI=1S/C21H28N2O3/c1-3-4-5-6-7-8-13-19(21(25)26-2)23-20(24)18-15-14-16-11-9-10-12-17(16)22-18/h9-12,14-15,19H,3-8,13H2,1-2H3,(H,23,24)/t19-/m1/s1. The van der Waals surface area contributed by atoms with Crippen molar-refractivity contribution in [3.05, 3.63) is 42.1 Å². The molecule has 5 heteroatoms. The van der Waals surface area contributed by atoms with Crippen LogP contribution in [0, 0.1) is 0 Å². The lowest BCUT2D eigenvalue weighted by Gasteiger charge is -2.16. The summed E-state index contributed by atoms with van der Waals surface area (Å²) in [6.45, 7) is 2.18. The Morgan fingerprint density at radius 3 is 2.54 bits per heavy atom. The van der Waals surface area contributed by atoms with Crippen LogP contribution in [-0.4, -0.2) is 30.0 Å². The second-order valence-corrected chi connectivity index (χ2v) is 6.49. The Morgan fingerprint density at radius 1 is 1.04 bits per heavy atom. The number of rotatable bonds is 10. The summed E-state index contributed by atoms with van der Waals surface area (Å²) in [6, 6.07) is 10.5. The fourth-order valence-corrected chi connectivity index (χ4v) is 2.94. The number of unbranched alkanes of at least 4 members (excludes halogenated alkanes) is 5. The summed E-state index contributed by atoms with van der Waals surface area (Å²) in [4.78, 5) is 28.9. The van der Waals surface area contributed by atoms with Gasteiger partial charge < -0.3 is 10.1 Å². The number of nitrogens with zero attached hydrogens (tertiary/aromatic N) is 1. The third-order valence-corrected chi connectivity index (χ3v) is 4.47. The normalized spacial score (nSPS) is 11.9. The number of nitrogens with one attached hydrogen (secondary N) is 1. The Balaban J connectivity index is 1.95. The lowest BCUT2D eigenvalue weighted by atomic mass is 10.1. The van der Waals surface area contributed by atoms with Gasteiger partial charge in [0.15, 0.2) is 0 Å². The first-order chi connectivity index (χ1) is 12.7. The molecule has 0 aliphatic heterocycles. The maximum absolute atomic E-state index is 12.5. The lowest BCUT2D eigenvalue weighted by Crippen LogP contribution is -2.41. The van der Waals surface area contributed by atoms with Crippen LogP contribution in [0.2, 0.25) is 0 Å². The van der Waals surface area contributed by atoms with Gasteiger partial charge in [-0.1, -0.05) is 69.7 Å². The van der Waals surface area contributed by atoms with E-state index in [0.717, 1.165) is 30.2 Å². The molecule has 0 fully saturated rings. The molecule has 1 N–H and O–H groups in total. The lowest BCUT2D eigenvalue weighted by molar-refractivity contribution is -0.143. The number of carbonyl (C=O) groups excluding carboxylic acids is 2. The van der Waals surface area contributed by atoms with Crippen LogP contribution in [0.5, 0.6) is 0 Å². The predicted octanol–water partition coefficient (Wildman–Crippen LogP) is 4.26. The number of fused-ring (bicyclic) bond motifs is 1. The van der Waals surface area contributed by atoms with Gasteiger partial charge in [-0.3, -0.25) is 4.79 Å². The SMILES string of the molecule is CCCCCCCC[C@@H](NC(=O)c1ccc2ccccc2n1)C(=O)OC. The third kappa shape index (κ3) is 5.83. The molecule has 0 saturated carbocycles. The fraction of sp³-hybridized carbons (Fsp3) is 0.476. The van der Waals surface area contributed by atoms with Gasteiger partial charge in [-0.2, -0.15) is 0 Å². The number of esters is 1. The molecule has 0 radical (unpaired) electrons. The zero-order chi connectivity index (χ0) is 18.8. The molecule has 0 unspecified atom stereocenters. The maximum atomic E-state index is 12.5. The Morgan fingerprint density at radius 2 is 1.77 bits per heavy atom. The van der Waals surface area contributed by atoms with E-state index in [0.29, 0.717) is 12.1 Å². The van der Waals surface area contributed by atoms with Crippen molar-refractivity contribution in [2.45, 2.75) is 57.9 Å². The van der Waals surface area contributed by atoms with Crippen LogP contribution in [0.1, 0.15) is 62.4 Å². The van der Waals surface area contributed by atoms with Crippen molar-refractivity contribution < 1.29 is 14.3 Å². The van der Waals surface area contributed by atoms with Crippen molar-refractivity contribution in [2.24, 2.45) is 0 Å². The van der Waals surface area contributed by atoms with Gasteiger partial charge >= 0.3 is 5.97 Å². The average molecular weight is 356 g/mol. The van der Waals surface area contributed by atoms with E-state index in [4.69, 9.17) is 4.74 Å². The van der Waals surface area contributed by atoms with Gasteiger partial charge in [0.25, 0.3) is 5.91 Å². The smallest absolute Gasteiger partial charge is 0.328 e. The van der Waals surface area contributed by atoms with Crippen molar-refractivity contribution in [3.8, 4) is 0 Å². The van der Waals surface area contributed by atoms with Gasteiger partial charge in [-0.05, 0) is 18.6 Å². The molecule has 0 bridgehead atoms. The Bertz CT molecular complexity index is 730. The maximum Gasteiger partial charge on any atom is 0.328 e. The van der Waals surface area contributed by atoms with Crippen LogP contribution in [0.15, 0.2) is 36.4 Å². The third-order valence-electron chi connectivity index (χ3n) is 4.47. The van der Waals surface area contributed by atoms with Crippen LogP contribution in [0.25, 0.3) is 10.9 Å². The van der Waals surface area contributed by atoms with Gasteiger partial charge in [-0.15, -0.1) is 0 Å². The molecule has 1 amide bonds. The molecular weight excluding hydrogens is 328 g/mol. The summed E-state index contributed by atoms with van der Waals surface area (Å²) < 4.78 is 4.84. The fourth-order valence-electron chi connectivity index (χ4n) is 2.94. The minimum atomic E-state index is -0.632.